The zero-order chi connectivity index (χ0) is 17.1. The van der Waals surface area contributed by atoms with Crippen LogP contribution in [0.5, 0.6) is 11.7 Å². The van der Waals surface area contributed by atoms with Crippen molar-refractivity contribution in [3.05, 3.63) is 52.5 Å². The van der Waals surface area contributed by atoms with Gasteiger partial charge in [-0.15, -0.1) is 0 Å². The van der Waals surface area contributed by atoms with E-state index in [2.05, 4.69) is 4.98 Å². The number of benzene rings is 1. The number of furan rings is 1. The van der Waals surface area contributed by atoms with E-state index in [4.69, 9.17) is 41.5 Å². The molecule has 0 radical (unpaired) electrons. The molecule has 0 fully saturated rings. The normalized spacial score (nSPS) is 10.6. The van der Waals surface area contributed by atoms with Crippen molar-refractivity contribution >= 4 is 29.2 Å². The van der Waals surface area contributed by atoms with Crippen LogP contribution in [0.1, 0.15) is 17.5 Å². The molecule has 24 heavy (non-hydrogen) atoms. The number of hydrogen-bond acceptors (Lipinski definition) is 6. The summed E-state index contributed by atoms with van der Waals surface area (Å²) in [6.07, 6.45) is 1.14. The van der Waals surface area contributed by atoms with E-state index in [9.17, 15) is 4.79 Å². The Kier molecular flexibility index (Phi) is 4.78. The number of carbonyl (C=O) groups is 1. The Hall–Kier alpha value is -2.44. The van der Waals surface area contributed by atoms with E-state index in [1.807, 2.05) is 0 Å². The summed E-state index contributed by atoms with van der Waals surface area (Å²) in [4.78, 5) is 15.8. The highest BCUT2D eigenvalue weighted by Crippen LogP contribution is 2.33. The molecule has 0 amide bonds. The average Bonchev–Trinajstić information content (AvgIpc) is 3.14. The van der Waals surface area contributed by atoms with Gasteiger partial charge < -0.3 is 18.3 Å². The minimum atomic E-state index is -0.620. The monoisotopic (exact) mass is 367 g/mol. The topological polar surface area (TPSA) is 74.7 Å². The second kappa shape index (κ2) is 6.98. The standard InChI is InChI=1S/C16H11Cl2NO5/c1-2-21-16(20)15-14(19-8-22-15)12-3-4-13(24-12)23-11-6-9(17)5-10(18)7-11/h3-8H,2H2,1H3. The first-order valence-electron chi connectivity index (χ1n) is 6.91. The molecule has 124 valence electrons. The van der Waals surface area contributed by atoms with Crippen molar-refractivity contribution in [3.63, 3.8) is 0 Å². The van der Waals surface area contributed by atoms with Gasteiger partial charge in [0.1, 0.15) is 5.75 Å². The Labute approximate surface area is 146 Å². The molecule has 3 rings (SSSR count). The molecule has 0 aliphatic rings. The fourth-order valence-corrected chi connectivity index (χ4v) is 2.48. The lowest BCUT2D eigenvalue weighted by Crippen LogP contribution is -2.04. The van der Waals surface area contributed by atoms with Crippen LogP contribution < -0.4 is 4.74 Å². The summed E-state index contributed by atoms with van der Waals surface area (Å²) in [5.74, 6) is 0.240. The highest BCUT2D eigenvalue weighted by atomic mass is 35.5. The van der Waals surface area contributed by atoms with Gasteiger partial charge in [0.25, 0.3) is 5.95 Å². The Morgan fingerprint density at radius 1 is 1.21 bits per heavy atom. The number of carbonyl (C=O) groups excluding carboxylic acids is 1. The van der Waals surface area contributed by atoms with Crippen LogP contribution in [0.25, 0.3) is 11.5 Å². The maximum atomic E-state index is 11.8. The second-order valence-corrected chi connectivity index (χ2v) is 5.45. The highest BCUT2D eigenvalue weighted by molar-refractivity contribution is 6.34. The zero-order valence-electron chi connectivity index (χ0n) is 12.4. The highest BCUT2D eigenvalue weighted by Gasteiger charge is 2.22. The number of halogens is 2. The van der Waals surface area contributed by atoms with Gasteiger partial charge in [-0.1, -0.05) is 23.2 Å². The molecule has 0 N–H and O–H groups in total. The first kappa shape index (κ1) is 16.4. The molecule has 0 spiro atoms. The van der Waals surface area contributed by atoms with E-state index >= 15 is 0 Å². The lowest BCUT2D eigenvalue weighted by molar-refractivity contribution is 0.0491. The number of rotatable bonds is 5. The third-order valence-corrected chi connectivity index (χ3v) is 3.33. The molecule has 8 heteroatoms. The Balaban J connectivity index is 1.84. The maximum Gasteiger partial charge on any atom is 0.376 e. The van der Waals surface area contributed by atoms with Gasteiger partial charge in [-0.25, -0.2) is 9.78 Å². The molecule has 0 saturated heterocycles. The van der Waals surface area contributed by atoms with E-state index in [0.717, 1.165) is 6.39 Å². The molecule has 6 nitrogen and oxygen atoms in total. The van der Waals surface area contributed by atoms with E-state index < -0.39 is 5.97 Å². The third-order valence-electron chi connectivity index (χ3n) is 2.90. The molecule has 1 aromatic carbocycles. The van der Waals surface area contributed by atoms with E-state index in [1.165, 1.54) is 0 Å². The first-order valence-corrected chi connectivity index (χ1v) is 7.67. The van der Waals surface area contributed by atoms with Crippen molar-refractivity contribution in [1.29, 1.82) is 0 Å². The molecule has 0 atom stereocenters. The molecular weight excluding hydrogens is 357 g/mol. The fraction of sp³-hybridized carbons (Fsp3) is 0.125. The van der Waals surface area contributed by atoms with Crippen LogP contribution in [0.3, 0.4) is 0 Å². The average molecular weight is 368 g/mol. The van der Waals surface area contributed by atoms with Crippen molar-refractivity contribution in [1.82, 2.24) is 4.98 Å². The van der Waals surface area contributed by atoms with Gasteiger partial charge in [-0.3, -0.25) is 0 Å². The van der Waals surface area contributed by atoms with Gasteiger partial charge in [0.05, 0.1) is 6.61 Å². The zero-order valence-corrected chi connectivity index (χ0v) is 13.9. The molecular formula is C16H11Cl2NO5. The Morgan fingerprint density at radius 3 is 2.67 bits per heavy atom. The van der Waals surface area contributed by atoms with Crippen molar-refractivity contribution in [3.8, 4) is 23.1 Å². The Morgan fingerprint density at radius 2 is 1.96 bits per heavy atom. The molecule has 2 heterocycles. The number of esters is 1. The second-order valence-electron chi connectivity index (χ2n) is 4.58. The number of ether oxygens (including phenoxy) is 2. The first-order chi connectivity index (χ1) is 11.6. The summed E-state index contributed by atoms with van der Waals surface area (Å²) in [6, 6.07) is 7.95. The largest absolute Gasteiger partial charge is 0.460 e. The molecule has 0 saturated carbocycles. The minimum absolute atomic E-state index is 0.0384. The van der Waals surface area contributed by atoms with Gasteiger partial charge in [0, 0.05) is 16.1 Å². The van der Waals surface area contributed by atoms with Crippen molar-refractivity contribution < 1.29 is 23.1 Å². The third kappa shape index (κ3) is 3.55. The van der Waals surface area contributed by atoms with Crippen molar-refractivity contribution in [2.24, 2.45) is 0 Å². The minimum Gasteiger partial charge on any atom is -0.460 e. The van der Waals surface area contributed by atoms with Crippen LogP contribution in [0, 0.1) is 0 Å². The molecule has 2 aromatic heterocycles. The quantitative estimate of drug-likeness (QED) is 0.576. The van der Waals surface area contributed by atoms with Gasteiger partial charge in [-0.2, -0.15) is 0 Å². The summed E-state index contributed by atoms with van der Waals surface area (Å²) in [5, 5.41) is 0.871. The molecule has 3 aromatic rings. The van der Waals surface area contributed by atoms with Gasteiger partial charge >= 0.3 is 5.97 Å². The summed E-state index contributed by atoms with van der Waals surface area (Å²) >= 11 is 11.8. The number of oxazole rings is 1. The van der Waals surface area contributed by atoms with Crippen LogP contribution in [0.2, 0.25) is 10.0 Å². The molecule has 0 bridgehead atoms. The van der Waals surface area contributed by atoms with Crippen LogP contribution in [-0.2, 0) is 4.74 Å². The van der Waals surface area contributed by atoms with E-state index in [1.54, 1.807) is 37.3 Å². The van der Waals surface area contributed by atoms with Gasteiger partial charge in [0.15, 0.2) is 17.8 Å². The lowest BCUT2D eigenvalue weighted by Gasteiger charge is -2.03. The predicted molar refractivity (Wildman–Crippen MR) is 86.7 cm³/mol. The SMILES string of the molecule is CCOC(=O)c1ocnc1-c1ccc(Oc2cc(Cl)cc(Cl)c2)o1. The van der Waals surface area contributed by atoms with E-state index in [-0.39, 0.29) is 24.0 Å². The number of aromatic nitrogens is 1. The molecule has 0 aliphatic carbocycles. The molecule has 0 unspecified atom stereocenters. The van der Waals surface area contributed by atoms with Crippen LogP contribution in [-0.4, -0.2) is 17.6 Å². The maximum absolute atomic E-state index is 11.8. The summed E-state index contributed by atoms with van der Waals surface area (Å²) < 4.78 is 21.1. The smallest absolute Gasteiger partial charge is 0.376 e. The summed E-state index contributed by atoms with van der Waals surface area (Å²) in [7, 11) is 0. The lowest BCUT2D eigenvalue weighted by atomic mass is 10.3. The number of nitrogens with zero attached hydrogens (tertiary/aromatic N) is 1. The van der Waals surface area contributed by atoms with E-state index in [0.29, 0.717) is 21.6 Å². The fourth-order valence-electron chi connectivity index (χ4n) is 1.97. The number of hydrogen-bond donors (Lipinski definition) is 0. The summed E-state index contributed by atoms with van der Waals surface area (Å²) in [5.41, 5.74) is 0.229. The molecule has 0 aliphatic heterocycles. The van der Waals surface area contributed by atoms with Gasteiger partial charge in [0.2, 0.25) is 5.76 Å². The van der Waals surface area contributed by atoms with Gasteiger partial charge in [-0.05, 0) is 31.2 Å². The van der Waals surface area contributed by atoms with Crippen LogP contribution in [0.15, 0.2) is 45.6 Å². The Bertz CT molecular complexity index is 851. The summed E-state index contributed by atoms with van der Waals surface area (Å²) in [6.45, 7) is 1.92. The van der Waals surface area contributed by atoms with Crippen molar-refractivity contribution in [2.45, 2.75) is 6.92 Å². The van der Waals surface area contributed by atoms with Crippen LogP contribution >= 0.6 is 23.2 Å². The van der Waals surface area contributed by atoms with Crippen LogP contribution in [0.4, 0.5) is 0 Å². The van der Waals surface area contributed by atoms with Crippen molar-refractivity contribution in [2.75, 3.05) is 6.61 Å². The predicted octanol–water partition coefficient (Wildman–Crippen LogP) is 5.21.